The lowest BCUT2D eigenvalue weighted by Gasteiger charge is -2.19. The lowest BCUT2D eigenvalue weighted by Crippen LogP contribution is -2.32. The topological polar surface area (TPSA) is 75.5 Å². The van der Waals surface area contributed by atoms with E-state index < -0.39 is 10.0 Å². The monoisotopic (exact) mass is 450 g/mol. The molecule has 0 bridgehead atoms. The molecule has 0 aromatic carbocycles. The Bertz CT molecular complexity index is 1040. The van der Waals surface area contributed by atoms with Gasteiger partial charge in [-0.2, -0.15) is 4.31 Å². The molecule has 2 fully saturated rings. The van der Waals surface area contributed by atoms with Crippen LogP contribution in [0.15, 0.2) is 11.0 Å². The Labute approximate surface area is 182 Å². The summed E-state index contributed by atoms with van der Waals surface area (Å²) in [6.07, 6.45) is 6.07. The van der Waals surface area contributed by atoms with Gasteiger partial charge in [0.15, 0.2) is 0 Å². The summed E-state index contributed by atoms with van der Waals surface area (Å²) in [6.45, 7) is 6.45. The van der Waals surface area contributed by atoms with Gasteiger partial charge in [0.2, 0.25) is 10.0 Å². The van der Waals surface area contributed by atoms with Crippen molar-refractivity contribution < 1.29 is 13.2 Å². The van der Waals surface area contributed by atoms with Gasteiger partial charge < -0.3 is 9.47 Å². The van der Waals surface area contributed by atoms with E-state index in [1.807, 2.05) is 30.4 Å². The van der Waals surface area contributed by atoms with Crippen molar-refractivity contribution in [3.63, 3.8) is 0 Å². The molecule has 0 aliphatic carbocycles. The van der Waals surface area contributed by atoms with Gasteiger partial charge >= 0.3 is 0 Å². The van der Waals surface area contributed by atoms with Crippen molar-refractivity contribution in [2.24, 2.45) is 7.05 Å². The minimum Gasteiger partial charge on any atom is -0.345 e. The molecule has 1 amide bonds. The summed E-state index contributed by atoms with van der Waals surface area (Å²) in [6, 6.07) is 1.73. The molecule has 30 heavy (non-hydrogen) atoms. The Morgan fingerprint density at radius 1 is 1.00 bits per heavy atom. The van der Waals surface area contributed by atoms with E-state index in [1.54, 1.807) is 10.4 Å². The van der Waals surface area contributed by atoms with Crippen LogP contribution in [-0.2, 0) is 17.1 Å². The van der Waals surface area contributed by atoms with E-state index >= 15 is 0 Å². The Morgan fingerprint density at radius 2 is 1.60 bits per heavy atom. The number of amides is 1. The number of likely N-dealkylation sites (tertiary alicyclic amines) is 1. The minimum absolute atomic E-state index is 0.0390. The first-order chi connectivity index (χ1) is 14.3. The van der Waals surface area contributed by atoms with Crippen molar-refractivity contribution in [1.29, 1.82) is 0 Å². The largest absolute Gasteiger partial charge is 0.345 e. The number of nitrogens with zero attached hydrogens (tertiary/aromatic N) is 4. The van der Waals surface area contributed by atoms with Gasteiger partial charge in [0.1, 0.15) is 14.8 Å². The Balaban J connectivity index is 1.68. The molecule has 0 saturated carbocycles. The van der Waals surface area contributed by atoms with Gasteiger partial charge in [0.05, 0.1) is 11.4 Å². The van der Waals surface area contributed by atoms with Crippen LogP contribution in [0.3, 0.4) is 0 Å². The number of hydrogen-bond donors (Lipinski definition) is 0. The molecule has 2 aromatic rings. The predicted octanol–water partition coefficient (Wildman–Crippen LogP) is 3.57. The molecule has 9 heteroatoms. The average molecular weight is 451 g/mol. The molecule has 0 atom stereocenters. The van der Waals surface area contributed by atoms with E-state index in [4.69, 9.17) is 0 Å². The van der Waals surface area contributed by atoms with Gasteiger partial charge in [-0.15, -0.1) is 11.3 Å². The van der Waals surface area contributed by atoms with Gasteiger partial charge in [-0.25, -0.2) is 13.4 Å². The van der Waals surface area contributed by atoms with E-state index in [1.165, 1.54) is 11.3 Å². The van der Waals surface area contributed by atoms with E-state index in [0.717, 1.165) is 57.3 Å². The molecule has 2 saturated heterocycles. The third-order valence-corrected chi connectivity index (χ3v) is 9.46. The molecule has 2 aliphatic rings. The van der Waals surface area contributed by atoms with Crippen LogP contribution < -0.4 is 0 Å². The number of hydrogen-bond acceptors (Lipinski definition) is 5. The summed E-state index contributed by atoms with van der Waals surface area (Å²) in [4.78, 5) is 20.4. The highest BCUT2D eigenvalue weighted by molar-refractivity contribution is 7.89. The highest BCUT2D eigenvalue weighted by Crippen LogP contribution is 2.34. The highest BCUT2D eigenvalue weighted by atomic mass is 32.2. The van der Waals surface area contributed by atoms with Crippen LogP contribution >= 0.6 is 11.3 Å². The lowest BCUT2D eigenvalue weighted by molar-refractivity contribution is 0.0796. The number of aromatic nitrogens is 2. The Morgan fingerprint density at radius 3 is 2.23 bits per heavy atom. The number of thiazole rings is 1. The maximum atomic E-state index is 13.3. The maximum absolute atomic E-state index is 13.3. The van der Waals surface area contributed by atoms with Crippen molar-refractivity contribution in [2.75, 3.05) is 26.2 Å². The molecule has 0 unspecified atom stereocenters. The fraction of sp³-hybridized carbons (Fsp3) is 0.619. The lowest BCUT2D eigenvalue weighted by atomic mass is 10.2. The van der Waals surface area contributed by atoms with Gasteiger partial charge in [-0.3, -0.25) is 4.79 Å². The van der Waals surface area contributed by atoms with Gasteiger partial charge in [-0.05, 0) is 45.6 Å². The Hall–Kier alpha value is -1.71. The summed E-state index contributed by atoms with van der Waals surface area (Å²) in [5.74, 6) is 0.0390. The molecule has 164 valence electrons. The van der Waals surface area contributed by atoms with Crippen LogP contribution in [0.4, 0.5) is 0 Å². The molecule has 2 aromatic heterocycles. The molecule has 4 heterocycles. The SMILES string of the molecule is Cc1nc(-c2cc(S(=O)(=O)N3CCCCCC3)c(C)n2C)sc1C(=O)N1CCCC1. The molecule has 0 radical (unpaired) electrons. The molecule has 7 nitrogen and oxygen atoms in total. The van der Waals surface area contributed by atoms with Crippen molar-refractivity contribution >= 4 is 27.3 Å². The van der Waals surface area contributed by atoms with Crippen molar-refractivity contribution in [2.45, 2.75) is 57.3 Å². The van der Waals surface area contributed by atoms with Crippen molar-refractivity contribution in [1.82, 2.24) is 18.8 Å². The summed E-state index contributed by atoms with van der Waals surface area (Å²) in [5, 5.41) is 0.693. The van der Waals surface area contributed by atoms with Crippen LogP contribution in [0, 0.1) is 13.8 Å². The first-order valence-electron chi connectivity index (χ1n) is 10.7. The summed E-state index contributed by atoms with van der Waals surface area (Å²) in [7, 11) is -1.68. The van der Waals surface area contributed by atoms with Crippen LogP contribution in [0.5, 0.6) is 0 Å². The minimum atomic E-state index is -3.54. The molecule has 2 aliphatic heterocycles. The normalized spacial score (nSPS) is 18.7. The third kappa shape index (κ3) is 3.83. The summed E-state index contributed by atoms with van der Waals surface area (Å²) < 4.78 is 30.2. The number of carbonyl (C=O) groups is 1. The zero-order chi connectivity index (χ0) is 21.5. The number of aryl methyl sites for hydroxylation is 1. The van der Waals surface area contributed by atoms with E-state index in [2.05, 4.69) is 4.98 Å². The molecule has 4 rings (SSSR count). The molecule has 0 N–H and O–H groups in total. The summed E-state index contributed by atoms with van der Waals surface area (Å²) in [5.41, 5.74) is 2.16. The molecular formula is C21H30N4O3S2. The number of sulfonamides is 1. The smallest absolute Gasteiger partial charge is 0.265 e. The van der Waals surface area contributed by atoms with E-state index in [-0.39, 0.29) is 5.91 Å². The predicted molar refractivity (Wildman–Crippen MR) is 118 cm³/mol. The maximum Gasteiger partial charge on any atom is 0.265 e. The standard InChI is InChI=1S/C21H30N4O3S2/c1-15-19(21(26)24-10-8-9-11-24)29-20(22-15)17-14-18(16(2)23(17)3)30(27,28)25-12-6-4-5-7-13-25/h14H,4-13H2,1-3H3. The van der Waals surface area contributed by atoms with Crippen LogP contribution in [0.1, 0.15) is 59.6 Å². The van der Waals surface area contributed by atoms with Crippen LogP contribution in [0.25, 0.3) is 10.7 Å². The molecular weight excluding hydrogens is 420 g/mol. The second-order valence-corrected chi connectivity index (χ2v) is 11.2. The number of rotatable bonds is 4. The molecule has 0 spiro atoms. The Kier molecular flexibility index (Phi) is 6.05. The second kappa shape index (κ2) is 8.43. The van der Waals surface area contributed by atoms with Gasteiger partial charge in [0.25, 0.3) is 5.91 Å². The fourth-order valence-electron chi connectivity index (χ4n) is 4.33. The van der Waals surface area contributed by atoms with Crippen LogP contribution in [0.2, 0.25) is 0 Å². The van der Waals surface area contributed by atoms with Crippen molar-refractivity contribution in [3.05, 3.63) is 22.3 Å². The van der Waals surface area contributed by atoms with Gasteiger partial charge in [0, 0.05) is 38.9 Å². The van der Waals surface area contributed by atoms with E-state index in [9.17, 15) is 13.2 Å². The third-order valence-electron chi connectivity index (χ3n) is 6.27. The second-order valence-electron chi connectivity index (χ2n) is 8.29. The first-order valence-corrected chi connectivity index (χ1v) is 13.0. The van der Waals surface area contributed by atoms with Gasteiger partial charge in [-0.1, -0.05) is 12.8 Å². The fourth-order valence-corrected chi connectivity index (χ4v) is 7.20. The quantitative estimate of drug-likeness (QED) is 0.714. The van der Waals surface area contributed by atoms with Crippen molar-refractivity contribution in [3.8, 4) is 10.7 Å². The average Bonchev–Trinajstić information content (AvgIpc) is 3.37. The van der Waals surface area contributed by atoms with E-state index in [0.29, 0.717) is 39.3 Å². The first kappa shape index (κ1) is 21.5. The number of carbonyl (C=O) groups excluding carboxylic acids is 1. The van der Waals surface area contributed by atoms with Crippen LogP contribution in [-0.4, -0.2) is 59.3 Å². The summed E-state index contributed by atoms with van der Waals surface area (Å²) >= 11 is 1.36. The zero-order valence-electron chi connectivity index (χ0n) is 18.0. The zero-order valence-corrected chi connectivity index (χ0v) is 19.6. The highest BCUT2D eigenvalue weighted by Gasteiger charge is 2.31.